The predicted octanol–water partition coefficient (Wildman–Crippen LogP) is 4.30. The van der Waals surface area contributed by atoms with Gasteiger partial charge in [-0.25, -0.2) is 8.70 Å². The van der Waals surface area contributed by atoms with E-state index in [2.05, 4.69) is 38.5 Å². The van der Waals surface area contributed by atoms with Crippen LogP contribution in [0.15, 0.2) is 65.6 Å². The van der Waals surface area contributed by atoms with E-state index in [-0.39, 0.29) is 5.82 Å². The molecule has 1 aliphatic rings. The quantitative estimate of drug-likeness (QED) is 0.546. The first-order chi connectivity index (χ1) is 14.6. The lowest BCUT2D eigenvalue weighted by Crippen LogP contribution is -2.44. The van der Waals surface area contributed by atoms with Crippen LogP contribution in [0.25, 0.3) is 0 Å². The number of hydrogen-bond donors (Lipinski definition) is 0. The van der Waals surface area contributed by atoms with Crippen molar-refractivity contribution in [3.05, 3.63) is 66.5 Å². The van der Waals surface area contributed by atoms with E-state index in [1.807, 2.05) is 25.1 Å². The molecule has 0 amide bonds. The van der Waals surface area contributed by atoms with Gasteiger partial charge in [0, 0.05) is 51.2 Å². The van der Waals surface area contributed by atoms with Gasteiger partial charge in [-0.2, -0.15) is 9.97 Å². The van der Waals surface area contributed by atoms with Gasteiger partial charge < -0.3 is 14.5 Å². The van der Waals surface area contributed by atoms with Crippen LogP contribution in [0.4, 0.5) is 16.2 Å². The van der Waals surface area contributed by atoms with E-state index >= 15 is 0 Å². The summed E-state index contributed by atoms with van der Waals surface area (Å²) >= 11 is 1.78. The maximum atomic E-state index is 13.2. The normalized spacial score (nSPS) is 14.6. The van der Waals surface area contributed by atoms with Crippen LogP contribution in [0.5, 0.6) is 11.6 Å². The van der Waals surface area contributed by atoms with Crippen LogP contribution in [0.2, 0.25) is 0 Å². The standard InChI is InChI=1S/C22H24FN5OS/c1-26(2)20-16-21(29-18-10-8-17(23)9-11-18)25-22(24-20)27-12-14-28(15-13-27)30-19-6-4-3-5-7-19/h3-11,16H,12-15H2,1-2H3. The van der Waals surface area contributed by atoms with E-state index in [1.165, 1.54) is 17.0 Å². The maximum absolute atomic E-state index is 13.2. The SMILES string of the molecule is CN(C)c1cc(Oc2ccc(F)cc2)nc(N2CCN(Sc3ccccc3)CC2)n1. The molecule has 0 spiro atoms. The fourth-order valence-electron chi connectivity index (χ4n) is 3.06. The topological polar surface area (TPSA) is 44.7 Å². The first kappa shape index (κ1) is 20.4. The molecule has 0 atom stereocenters. The van der Waals surface area contributed by atoms with Crippen molar-refractivity contribution in [3.63, 3.8) is 0 Å². The molecule has 156 valence electrons. The number of ether oxygens (including phenoxy) is 1. The summed E-state index contributed by atoms with van der Waals surface area (Å²) in [5.74, 6) is 2.08. The van der Waals surface area contributed by atoms with Gasteiger partial charge >= 0.3 is 0 Å². The number of nitrogens with zero attached hydrogens (tertiary/aromatic N) is 5. The van der Waals surface area contributed by atoms with Crippen LogP contribution < -0.4 is 14.5 Å². The lowest BCUT2D eigenvalue weighted by Gasteiger charge is -2.34. The Morgan fingerprint density at radius 1 is 0.933 bits per heavy atom. The van der Waals surface area contributed by atoms with E-state index in [1.54, 1.807) is 30.1 Å². The number of halogens is 1. The highest BCUT2D eigenvalue weighted by molar-refractivity contribution is 7.97. The molecule has 0 radical (unpaired) electrons. The summed E-state index contributed by atoms with van der Waals surface area (Å²) in [6.45, 7) is 3.46. The van der Waals surface area contributed by atoms with Crippen molar-refractivity contribution in [2.24, 2.45) is 0 Å². The van der Waals surface area contributed by atoms with Crippen molar-refractivity contribution in [2.45, 2.75) is 4.90 Å². The summed E-state index contributed by atoms with van der Waals surface area (Å²) in [5.41, 5.74) is 0. The third-order valence-corrected chi connectivity index (χ3v) is 5.78. The second-order valence-electron chi connectivity index (χ2n) is 7.14. The Labute approximate surface area is 180 Å². The minimum Gasteiger partial charge on any atom is -0.439 e. The zero-order chi connectivity index (χ0) is 20.9. The Hall–Kier alpha value is -2.84. The molecule has 1 aliphatic heterocycles. The van der Waals surface area contributed by atoms with Gasteiger partial charge in [-0.1, -0.05) is 18.2 Å². The van der Waals surface area contributed by atoms with Crippen LogP contribution in [0.1, 0.15) is 0 Å². The van der Waals surface area contributed by atoms with Gasteiger partial charge in [0.25, 0.3) is 0 Å². The second kappa shape index (κ2) is 9.32. The fourth-order valence-corrected chi connectivity index (χ4v) is 3.98. The Kier molecular flexibility index (Phi) is 6.35. The van der Waals surface area contributed by atoms with Crippen LogP contribution in [-0.4, -0.2) is 54.5 Å². The molecular weight excluding hydrogens is 401 g/mol. The summed E-state index contributed by atoms with van der Waals surface area (Å²) in [4.78, 5) is 14.6. The molecule has 4 rings (SSSR count). The van der Waals surface area contributed by atoms with Gasteiger partial charge in [0.1, 0.15) is 17.4 Å². The first-order valence-corrected chi connectivity index (χ1v) is 10.6. The molecule has 0 saturated carbocycles. The third-order valence-electron chi connectivity index (χ3n) is 4.67. The van der Waals surface area contributed by atoms with E-state index < -0.39 is 0 Å². The van der Waals surface area contributed by atoms with Crippen molar-refractivity contribution in [2.75, 3.05) is 50.1 Å². The zero-order valence-electron chi connectivity index (χ0n) is 17.0. The third kappa shape index (κ3) is 5.20. The Balaban J connectivity index is 1.46. The molecule has 8 heteroatoms. The summed E-state index contributed by atoms with van der Waals surface area (Å²) in [5, 5.41) is 0. The molecule has 0 N–H and O–H groups in total. The summed E-state index contributed by atoms with van der Waals surface area (Å²) in [6, 6.07) is 18.1. The molecule has 1 fully saturated rings. The second-order valence-corrected chi connectivity index (χ2v) is 8.31. The minimum absolute atomic E-state index is 0.300. The number of benzene rings is 2. The van der Waals surface area contributed by atoms with Gasteiger partial charge in [-0.3, -0.25) is 0 Å². The predicted molar refractivity (Wildman–Crippen MR) is 119 cm³/mol. The average Bonchev–Trinajstić information content (AvgIpc) is 2.76. The fraction of sp³-hybridized carbons (Fsp3) is 0.273. The van der Waals surface area contributed by atoms with E-state index in [0.717, 1.165) is 32.0 Å². The number of anilines is 2. The van der Waals surface area contributed by atoms with Gasteiger partial charge in [-0.15, -0.1) is 0 Å². The number of piperazine rings is 1. The van der Waals surface area contributed by atoms with Crippen molar-refractivity contribution in [1.29, 1.82) is 0 Å². The lowest BCUT2D eigenvalue weighted by molar-refractivity contribution is 0.422. The first-order valence-electron chi connectivity index (χ1n) is 9.79. The number of aromatic nitrogens is 2. The number of hydrogen-bond acceptors (Lipinski definition) is 7. The molecule has 0 bridgehead atoms. The van der Waals surface area contributed by atoms with Gasteiger partial charge in [0.2, 0.25) is 11.8 Å². The van der Waals surface area contributed by atoms with Crippen LogP contribution >= 0.6 is 11.9 Å². The number of rotatable bonds is 6. The Morgan fingerprint density at radius 2 is 1.63 bits per heavy atom. The highest BCUT2D eigenvalue weighted by Crippen LogP contribution is 2.28. The van der Waals surface area contributed by atoms with E-state index in [4.69, 9.17) is 9.72 Å². The van der Waals surface area contributed by atoms with Crippen LogP contribution in [0.3, 0.4) is 0 Å². The van der Waals surface area contributed by atoms with E-state index in [0.29, 0.717) is 17.6 Å². The Morgan fingerprint density at radius 3 is 2.30 bits per heavy atom. The van der Waals surface area contributed by atoms with Crippen molar-refractivity contribution < 1.29 is 9.13 Å². The van der Waals surface area contributed by atoms with Gasteiger partial charge in [0.05, 0.1) is 0 Å². The van der Waals surface area contributed by atoms with Crippen molar-refractivity contribution in [3.8, 4) is 11.6 Å². The highest BCUT2D eigenvalue weighted by atomic mass is 32.2. The summed E-state index contributed by atoms with van der Waals surface area (Å²) in [7, 11) is 3.87. The van der Waals surface area contributed by atoms with Gasteiger partial charge in [-0.05, 0) is 48.3 Å². The molecule has 0 unspecified atom stereocenters. The smallest absolute Gasteiger partial charge is 0.230 e. The zero-order valence-corrected chi connectivity index (χ0v) is 17.8. The monoisotopic (exact) mass is 425 g/mol. The highest BCUT2D eigenvalue weighted by Gasteiger charge is 2.21. The summed E-state index contributed by atoms with van der Waals surface area (Å²) in [6.07, 6.45) is 0. The molecule has 30 heavy (non-hydrogen) atoms. The largest absolute Gasteiger partial charge is 0.439 e. The maximum Gasteiger partial charge on any atom is 0.230 e. The molecular formula is C22H24FN5OS. The van der Waals surface area contributed by atoms with Crippen molar-refractivity contribution in [1.82, 2.24) is 14.3 Å². The van der Waals surface area contributed by atoms with E-state index in [9.17, 15) is 4.39 Å². The molecule has 2 aromatic carbocycles. The Bertz CT molecular complexity index is 963. The lowest BCUT2D eigenvalue weighted by atomic mass is 10.3. The van der Waals surface area contributed by atoms with Crippen LogP contribution in [0, 0.1) is 5.82 Å². The molecule has 3 aromatic rings. The molecule has 0 aliphatic carbocycles. The molecule has 1 aromatic heterocycles. The minimum atomic E-state index is -0.300. The molecule has 2 heterocycles. The molecule has 6 nitrogen and oxygen atoms in total. The van der Waals surface area contributed by atoms with Gasteiger partial charge in [0.15, 0.2) is 0 Å². The average molecular weight is 426 g/mol. The molecule has 1 saturated heterocycles. The summed E-state index contributed by atoms with van der Waals surface area (Å²) < 4.78 is 21.4. The van der Waals surface area contributed by atoms with Crippen molar-refractivity contribution >= 4 is 23.7 Å². The van der Waals surface area contributed by atoms with Crippen LogP contribution in [-0.2, 0) is 0 Å².